The van der Waals surface area contributed by atoms with Gasteiger partial charge in [-0.3, -0.25) is 37.3 Å². The second kappa shape index (κ2) is 72.0. The largest absolute Gasteiger partial charge is 0.472 e. The molecule has 0 aromatic heterocycles. The summed E-state index contributed by atoms with van der Waals surface area (Å²) in [6, 6.07) is 0. The normalized spacial score (nSPS) is 14.5. The number of hydrogen-bond acceptors (Lipinski definition) is 15. The van der Waals surface area contributed by atoms with Crippen LogP contribution < -0.4 is 0 Å². The molecule has 0 aromatic carbocycles. The molecule has 0 rings (SSSR count). The Labute approximate surface area is 626 Å². The van der Waals surface area contributed by atoms with Gasteiger partial charge in [0.2, 0.25) is 0 Å². The van der Waals surface area contributed by atoms with Crippen LogP contribution in [0.5, 0.6) is 0 Å². The highest BCUT2D eigenvalue weighted by atomic mass is 31.2. The van der Waals surface area contributed by atoms with Crippen LogP contribution in [0.15, 0.2) is 0 Å². The Morgan fingerprint density at radius 3 is 0.696 bits per heavy atom. The number of carbonyl (C=O) groups is 4. The molecular weight excluding hydrogens is 1330 g/mol. The Balaban J connectivity index is 5.20. The van der Waals surface area contributed by atoms with Gasteiger partial charge in [-0.15, -0.1) is 0 Å². The maximum atomic E-state index is 13.1. The third-order valence-electron chi connectivity index (χ3n) is 20.0. The Kier molecular flexibility index (Phi) is 70.6. The highest BCUT2D eigenvalue weighted by molar-refractivity contribution is 7.47. The number of hydrogen-bond donors (Lipinski definition) is 3. The van der Waals surface area contributed by atoms with Crippen LogP contribution in [0.25, 0.3) is 0 Å². The summed E-state index contributed by atoms with van der Waals surface area (Å²) >= 11 is 0. The van der Waals surface area contributed by atoms with E-state index in [0.29, 0.717) is 31.6 Å². The average molecular weight is 1490 g/mol. The summed E-state index contributed by atoms with van der Waals surface area (Å²) in [6.45, 7) is 14.3. The molecule has 4 unspecified atom stereocenters. The number of aliphatic hydroxyl groups is 1. The summed E-state index contributed by atoms with van der Waals surface area (Å²) < 4.78 is 68.7. The van der Waals surface area contributed by atoms with Crippen molar-refractivity contribution in [1.82, 2.24) is 0 Å². The topological polar surface area (TPSA) is 237 Å². The molecule has 17 nitrogen and oxygen atoms in total. The van der Waals surface area contributed by atoms with Gasteiger partial charge in [-0.05, 0) is 49.4 Å². The first kappa shape index (κ1) is 100. The lowest BCUT2D eigenvalue weighted by Crippen LogP contribution is -2.30. The van der Waals surface area contributed by atoms with Gasteiger partial charge in [0, 0.05) is 25.7 Å². The molecule has 102 heavy (non-hydrogen) atoms. The summed E-state index contributed by atoms with van der Waals surface area (Å²) in [6.07, 6.45) is 59.8. The molecule has 606 valence electrons. The first-order valence-corrected chi connectivity index (χ1v) is 45.8. The van der Waals surface area contributed by atoms with E-state index in [-0.39, 0.29) is 25.7 Å². The molecule has 19 heteroatoms. The summed E-state index contributed by atoms with van der Waals surface area (Å²) in [5, 5.41) is 10.6. The Hall–Kier alpha value is -1.94. The smallest absolute Gasteiger partial charge is 0.462 e. The molecule has 0 fully saturated rings. The van der Waals surface area contributed by atoms with Gasteiger partial charge in [-0.2, -0.15) is 0 Å². The molecule has 0 aliphatic heterocycles. The molecule has 0 saturated heterocycles. The fraction of sp³-hybridized carbons (Fsp3) is 0.952. The van der Waals surface area contributed by atoms with Crippen molar-refractivity contribution >= 4 is 39.5 Å². The minimum Gasteiger partial charge on any atom is -0.462 e. The van der Waals surface area contributed by atoms with Crippen molar-refractivity contribution in [2.24, 2.45) is 23.7 Å². The number of unbranched alkanes of at least 4 members (excludes halogenated alkanes) is 44. The van der Waals surface area contributed by atoms with Crippen LogP contribution in [0, 0.1) is 23.7 Å². The van der Waals surface area contributed by atoms with Gasteiger partial charge in [0.1, 0.15) is 19.3 Å². The number of phosphoric acid groups is 2. The lowest BCUT2D eigenvalue weighted by atomic mass is 9.99. The molecule has 0 amide bonds. The second-order valence-electron chi connectivity index (χ2n) is 31.3. The second-order valence-corrected chi connectivity index (χ2v) is 34.2. The first-order chi connectivity index (χ1) is 49.2. The molecule has 0 heterocycles. The number of carbonyl (C=O) groups excluding carboxylic acids is 4. The van der Waals surface area contributed by atoms with Gasteiger partial charge in [0.05, 0.1) is 26.4 Å². The molecule has 0 spiro atoms. The van der Waals surface area contributed by atoms with Crippen LogP contribution in [-0.2, 0) is 65.4 Å². The van der Waals surface area contributed by atoms with Gasteiger partial charge in [0.25, 0.3) is 0 Å². The molecule has 0 radical (unpaired) electrons. The zero-order valence-electron chi connectivity index (χ0n) is 67.2. The van der Waals surface area contributed by atoms with Crippen molar-refractivity contribution < 1.29 is 80.2 Å². The molecule has 0 aliphatic carbocycles. The minimum absolute atomic E-state index is 0.106. The lowest BCUT2D eigenvalue weighted by molar-refractivity contribution is -0.161. The number of phosphoric ester groups is 2. The standard InChI is InChI=1S/C83H162O17P2/c1-9-75(7)61-53-45-36-30-24-20-15-13-11-12-14-16-21-25-33-39-49-57-65-82(87)99-78(69-93-80(85)63-55-47-38-32-28-27-31-37-46-54-62-76(8)10-2)71-97-101(89,90)95-67-77(84)68-96-102(91,92)98-72-79(70-94-81(86)64-56-48-42-41-44-52-60-74(5)6)100-83(88)66-58-50-40-34-26-22-18-17-19-23-29-35-43-51-59-73(3)4/h73-79,84H,9-72H2,1-8H3,(H,89,90)(H,91,92)/t75?,76?,77-,78-,79-/m1/s1. The Morgan fingerprint density at radius 2 is 0.471 bits per heavy atom. The predicted molar refractivity (Wildman–Crippen MR) is 418 cm³/mol. The fourth-order valence-electron chi connectivity index (χ4n) is 12.7. The van der Waals surface area contributed by atoms with Gasteiger partial charge >= 0.3 is 39.5 Å². The van der Waals surface area contributed by atoms with E-state index in [9.17, 15) is 43.2 Å². The predicted octanol–water partition coefficient (Wildman–Crippen LogP) is 24.8. The Bertz CT molecular complexity index is 1990. The van der Waals surface area contributed by atoms with Crippen molar-refractivity contribution in [3.8, 4) is 0 Å². The summed E-state index contributed by atoms with van der Waals surface area (Å²) in [5.74, 6) is 1.04. The Morgan fingerprint density at radius 1 is 0.275 bits per heavy atom. The minimum atomic E-state index is -4.96. The monoisotopic (exact) mass is 1490 g/mol. The molecule has 0 aromatic rings. The van der Waals surface area contributed by atoms with Crippen molar-refractivity contribution in [2.45, 2.75) is 446 Å². The number of esters is 4. The van der Waals surface area contributed by atoms with Crippen LogP contribution in [-0.4, -0.2) is 96.7 Å². The van der Waals surface area contributed by atoms with Crippen LogP contribution in [0.3, 0.4) is 0 Å². The van der Waals surface area contributed by atoms with Crippen molar-refractivity contribution in [3.05, 3.63) is 0 Å². The van der Waals surface area contributed by atoms with Crippen LogP contribution in [0.1, 0.15) is 428 Å². The SMILES string of the molecule is CCC(C)CCCCCCCCCCCCCCCCCCCCC(=O)O[C@H](COC(=O)CCCCCCCCCCCCC(C)CC)COP(=O)(O)OC[C@@H](O)COP(=O)(O)OC[C@@H](COC(=O)CCCCCCCCC(C)C)OC(=O)CCCCCCCCCCCCCCCCC(C)C. The average Bonchev–Trinajstić information content (AvgIpc) is 0.960. The highest BCUT2D eigenvalue weighted by Crippen LogP contribution is 2.45. The first-order valence-electron chi connectivity index (χ1n) is 42.8. The summed E-state index contributed by atoms with van der Waals surface area (Å²) in [5.41, 5.74) is 0. The number of ether oxygens (including phenoxy) is 4. The van der Waals surface area contributed by atoms with Crippen LogP contribution >= 0.6 is 15.6 Å². The van der Waals surface area contributed by atoms with E-state index >= 15 is 0 Å². The summed E-state index contributed by atoms with van der Waals surface area (Å²) in [4.78, 5) is 73.0. The van der Waals surface area contributed by atoms with Gasteiger partial charge in [-0.1, -0.05) is 376 Å². The third kappa shape index (κ3) is 73.6. The van der Waals surface area contributed by atoms with E-state index in [4.69, 9.17) is 37.0 Å². The molecule has 0 bridgehead atoms. The molecule has 3 N–H and O–H groups in total. The van der Waals surface area contributed by atoms with Gasteiger partial charge < -0.3 is 33.8 Å². The number of aliphatic hydroxyl groups excluding tert-OH is 1. The maximum absolute atomic E-state index is 13.1. The molecule has 0 saturated carbocycles. The fourth-order valence-corrected chi connectivity index (χ4v) is 14.3. The quantitative estimate of drug-likeness (QED) is 0.0222. The van der Waals surface area contributed by atoms with E-state index in [1.165, 1.54) is 225 Å². The molecule has 0 aliphatic rings. The van der Waals surface area contributed by atoms with E-state index in [2.05, 4.69) is 55.4 Å². The molecular formula is C83H162O17P2. The zero-order valence-corrected chi connectivity index (χ0v) is 69.0. The molecule has 7 atom stereocenters. The maximum Gasteiger partial charge on any atom is 0.472 e. The highest BCUT2D eigenvalue weighted by Gasteiger charge is 2.30. The van der Waals surface area contributed by atoms with Crippen molar-refractivity contribution in [2.75, 3.05) is 39.6 Å². The van der Waals surface area contributed by atoms with Gasteiger partial charge in [0.15, 0.2) is 12.2 Å². The summed E-state index contributed by atoms with van der Waals surface area (Å²) in [7, 11) is -9.92. The van der Waals surface area contributed by atoms with E-state index < -0.39 is 97.5 Å². The lowest BCUT2D eigenvalue weighted by Gasteiger charge is -2.21. The zero-order chi connectivity index (χ0) is 75.3. The number of rotatable bonds is 80. The van der Waals surface area contributed by atoms with Crippen LogP contribution in [0.4, 0.5) is 0 Å². The van der Waals surface area contributed by atoms with Crippen molar-refractivity contribution in [3.63, 3.8) is 0 Å². The van der Waals surface area contributed by atoms with Crippen molar-refractivity contribution in [1.29, 1.82) is 0 Å². The van der Waals surface area contributed by atoms with E-state index in [1.54, 1.807) is 0 Å². The van der Waals surface area contributed by atoms with E-state index in [1.807, 2.05) is 0 Å². The van der Waals surface area contributed by atoms with E-state index in [0.717, 1.165) is 114 Å². The van der Waals surface area contributed by atoms with Gasteiger partial charge in [-0.25, -0.2) is 9.13 Å². The van der Waals surface area contributed by atoms with Crippen LogP contribution in [0.2, 0.25) is 0 Å². The third-order valence-corrected chi connectivity index (χ3v) is 21.9.